The van der Waals surface area contributed by atoms with Crippen molar-refractivity contribution in [1.82, 2.24) is 0 Å². The Balaban J connectivity index is 1.38. The Bertz CT molecular complexity index is 693. The highest BCUT2D eigenvalue weighted by Crippen LogP contribution is 2.43. The Labute approximate surface area is 190 Å². The van der Waals surface area contributed by atoms with Gasteiger partial charge < -0.3 is 4.74 Å². The molecule has 0 heterocycles. The van der Waals surface area contributed by atoms with E-state index in [1.807, 2.05) is 0 Å². The molecule has 0 spiro atoms. The molecule has 2 aliphatic carbocycles. The molecule has 0 atom stereocenters. The van der Waals surface area contributed by atoms with E-state index < -0.39 is 24.0 Å². The van der Waals surface area contributed by atoms with Crippen LogP contribution in [0.15, 0.2) is 24.3 Å². The highest BCUT2D eigenvalue weighted by molar-refractivity contribution is 5.31. The standard InChI is InChI=1S/C27H38F4O/c1-2-3-4-5-6-19-9-13-22(14-10-19)23-15-11-20(12-16-23)7-8-21-17-24(28)26(25(29)18-21)32-27(30)31/h4-5,17-20,22-23,27H,2-3,6-16H2,1H3. The Hall–Kier alpha value is -1.52. The van der Waals surface area contributed by atoms with Crippen LogP contribution in [-0.2, 0) is 6.42 Å². The third kappa shape index (κ3) is 7.52. The minimum absolute atomic E-state index is 0.509. The van der Waals surface area contributed by atoms with Crippen LogP contribution in [0.1, 0.15) is 89.5 Å². The van der Waals surface area contributed by atoms with Crippen LogP contribution < -0.4 is 4.74 Å². The maximum absolute atomic E-state index is 13.9. The summed E-state index contributed by atoms with van der Waals surface area (Å²) in [7, 11) is 0. The zero-order valence-electron chi connectivity index (χ0n) is 19.3. The van der Waals surface area contributed by atoms with Crippen LogP contribution in [0.2, 0.25) is 0 Å². The van der Waals surface area contributed by atoms with Gasteiger partial charge in [0.2, 0.25) is 0 Å². The summed E-state index contributed by atoms with van der Waals surface area (Å²) in [6.45, 7) is -1.02. The Morgan fingerprint density at radius 3 is 1.97 bits per heavy atom. The molecule has 2 aliphatic rings. The van der Waals surface area contributed by atoms with Crippen molar-refractivity contribution in [1.29, 1.82) is 0 Å². The number of ether oxygens (including phenoxy) is 1. The zero-order valence-corrected chi connectivity index (χ0v) is 19.3. The van der Waals surface area contributed by atoms with Crippen molar-refractivity contribution >= 4 is 0 Å². The number of hydrogen-bond acceptors (Lipinski definition) is 1. The normalized spacial score (nSPS) is 26.7. The summed E-state index contributed by atoms with van der Waals surface area (Å²) in [5.41, 5.74) is 0.509. The lowest BCUT2D eigenvalue weighted by Gasteiger charge is -2.38. The van der Waals surface area contributed by atoms with E-state index in [9.17, 15) is 17.6 Å². The van der Waals surface area contributed by atoms with Gasteiger partial charge in [0.15, 0.2) is 17.4 Å². The smallest absolute Gasteiger partial charge is 0.387 e. The van der Waals surface area contributed by atoms with Crippen LogP contribution in [0.25, 0.3) is 0 Å². The van der Waals surface area contributed by atoms with Crippen LogP contribution in [0.5, 0.6) is 5.75 Å². The summed E-state index contributed by atoms with van der Waals surface area (Å²) in [5.74, 6) is 0.0566. The fraction of sp³-hybridized carbons (Fsp3) is 0.704. The molecule has 2 fully saturated rings. The fourth-order valence-electron chi connectivity index (χ4n) is 5.75. The number of benzene rings is 1. The van der Waals surface area contributed by atoms with Gasteiger partial charge >= 0.3 is 6.61 Å². The maximum Gasteiger partial charge on any atom is 0.387 e. The molecule has 0 aliphatic heterocycles. The number of aryl methyl sites for hydroxylation is 1. The van der Waals surface area contributed by atoms with E-state index in [2.05, 4.69) is 23.8 Å². The monoisotopic (exact) mass is 454 g/mol. The van der Waals surface area contributed by atoms with Crippen LogP contribution >= 0.6 is 0 Å². The van der Waals surface area contributed by atoms with Crippen molar-refractivity contribution in [3.63, 3.8) is 0 Å². The lowest BCUT2D eigenvalue weighted by molar-refractivity contribution is -0.0546. The number of hydrogen-bond donors (Lipinski definition) is 0. The van der Waals surface area contributed by atoms with Gasteiger partial charge in [-0.1, -0.05) is 38.3 Å². The van der Waals surface area contributed by atoms with Gasteiger partial charge in [-0.25, -0.2) is 8.78 Å². The Kier molecular flexibility index (Phi) is 9.92. The molecule has 1 nitrogen and oxygen atoms in total. The molecular formula is C27H38F4O. The first-order chi connectivity index (χ1) is 15.5. The molecular weight excluding hydrogens is 416 g/mol. The number of unbranched alkanes of at least 4 members (excludes halogenated alkanes) is 1. The average Bonchev–Trinajstić information content (AvgIpc) is 2.78. The number of halogens is 4. The maximum atomic E-state index is 13.9. The molecule has 5 heteroatoms. The molecule has 0 N–H and O–H groups in total. The average molecular weight is 455 g/mol. The number of allylic oxidation sites excluding steroid dienone is 2. The van der Waals surface area contributed by atoms with Crippen molar-refractivity contribution in [2.75, 3.05) is 0 Å². The van der Waals surface area contributed by atoms with Crippen LogP contribution in [0, 0.1) is 35.3 Å². The summed E-state index contributed by atoms with van der Waals surface area (Å²) >= 11 is 0. The van der Waals surface area contributed by atoms with Crippen molar-refractivity contribution in [3.05, 3.63) is 41.5 Å². The molecule has 0 saturated heterocycles. The first-order valence-corrected chi connectivity index (χ1v) is 12.5. The third-order valence-electron chi connectivity index (χ3n) is 7.65. The van der Waals surface area contributed by atoms with E-state index in [-0.39, 0.29) is 0 Å². The van der Waals surface area contributed by atoms with Gasteiger partial charge in [-0.3, -0.25) is 0 Å². The van der Waals surface area contributed by atoms with Gasteiger partial charge in [0.05, 0.1) is 0 Å². The van der Waals surface area contributed by atoms with Gasteiger partial charge in [0.25, 0.3) is 0 Å². The number of rotatable bonds is 10. The van der Waals surface area contributed by atoms with Crippen LogP contribution in [0.4, 0.5) is 17.6 Å². The quantitative estimate of drug-likeness (QED) is 0.253. The molecule has 2 saturated carbocycles. The van der Waals surface area contributed by atoms with E-state index in [1.54, 1.807) is 0 Å². The Morgan fingerprint density at radius 1 is 0.875 bits per heavy atom. The van der Waals surface area contributed by atoms with Gasteiger partial charge in [-0.05, 0) is 106 Å². The lowest BCUT2D eigenvalue weighted by Crippen LogP contribution is -2.26. The van der Waals surface area contributed by atoms with E-state index >= 15 is 0 Å². The van der Waals surface area contributed by atoms with Crippen LogP contribution in [-0.4, -0.2) is 6.61 Å². The topological polar surface area (TPSA) is 9.23 Å². The zero-order chi connectivity index (χ0) is 22.9. The predicted octanol–water partition coefficient (Wildman–Crippen LogP) is 8.86. The van der Waals surface area contributed by atoms with Crippen molar-refractivity contribution in [2.45, 2.75) is 97.0 Å². The first kappa shape index (κ1) is 25.1. The largest absolute Gasteiger partial charge is 0.429 e. The minimum Gasteiger partial charge on any atom is -0.429 e. The minimum atomic E-state index is -3.24. The van der Waals surface area contributed by atoms with E-state index in [0.29, 0.717) is 17.9 Å². The highest BCUT2D eigenvalue weighted by Gasteiger charge is 2.30. The number of alkyl halides is 2. The van der Waals surface area contributed by atoms with Gasteiger partial charge in [0, 0.05) is 0 Å². The van der Waals surface area contributed by atoms with Crippen molar-refractivity contribution in [2.24, 2.45) is 23.7 Å². The second-order valence-corrected chi connectivity index (χ2v) is 9.86. The summed E-state index contributed by atoms with van der Waals surface area (Å²) in [5, 5.41) is 0. The van der Waals surface area contributed by atoms with Crippen molar-refractivity contribution < 1.29 is 22.3 Å². The van der Waals surface area contributed by atoms with E-state index in [0.717, 1.165) is 36.3 Å². The molecule has 180 valence electrons. The molecule has 32 heavy (non-hydrogen) atoms. The molecule has 0 aromatic heterocycles. The molecule has 0 unspecified atom stereocenters. The molecule has 0 amide bonds. The second kappa shape index (κ2) is 12.6. The second-order valence-electron chi connectivity index (χ2n) is 9.86. The van der Waals surface area contributed by atoms with Crippen molar-refractivity contribution in [3.8, 4) is 5.75 Å². The third-order valence-corrected chi connectivity index (χ3v) is 7.65. The van der Waals surface area contributed by atoms with Crippen LogP contribution in [0.3, 0.4) is 0 Å². The summed E-state index contributed by atoms with van der Waals surface area (Å²) < 4.78 is 56.3. The van der Waals surface area contributed by atoms with E-state index in [4.69, 9.17) is 0 Å². The SMILES string of the molecule is CCCC=CCC1CCC(C2CCC(CCc3cc(F)c(OC(F)F)c(F)c3)CC2)CC1. The highest BCUT2D eigenvalue weighted by atomic mass is 19.3. The molecule has 0 radical (unpaired) electrons. The van der Waals surface area contributed by atoms with Gasteiger partial charge in [0.1, 0.15) is 0 Å². The Morgan fingerprint density at radius 2 is 1.44 bits per heavy atom. The molecule has 1 aromatic rings. The molecule has 0 bridgehead atoms. The molecule has 3 rings (SSSR count). The first-order valence-electron chi connectivity index (χ1n) is 12.5. The van der Waals surface area contributed by atoms with E-state index in [1.165, 1.54) is 70.6 Å². The van der Waals surface area contributed by atoms with Gasteiger partial charge in [-0.15, -0.1) is 0 Å². The predicted molar refractivity (Wildman–Crippen MR) is 121 cm³/mol. The summed E-state index contributed by atoms with van der Waals surface area (Å²) in [6.07, 6.45) is 20.2. The van der Waals surface area contributed by atoms with Gasteiger partial charge in [-0.2, -0.15) is 8.78 Å². The summed E-state index contributed by atoms with van der Waals surface area (Å²) in [6, 6.07) is 2.25. The molecule has 1 aromatic carbocycles. The lowest BCUT2D eigenvalue weighted by atomic mass is 9.68. The fourth-order valence-corrected chi connectivity index (χ4v) is 5.75. The summed E-state index contributed by atoms with van der Waals surface area (Å²) in [4.78, 5) is 0.